The van der Waals surface area contributed by atoms with E-state index >= 15 is 0 Å². The van der Waals surface area contributed by atoms with Crippen molar-refractivity contribution in [1.29, 1.82) is 0 Å². The van der Waals surface area contributed by atoms with Crippen LogP contribution in [-0.4, -0.2) is 190 Å². The summed E-state index contributed by atoms with van der Waals surface area (Å²) in [7, 11) is -1.67. The molecule has 6 N–H and O–H groups in total. The van der Waals surface area contributed by atoms with Gasteiger partial charge in [-0.15, -0.1) is 0 Å². The SMILES string of the molecule is C[C@@H](NC(=O)CCC(=O)CN1CCN(CC(=O)O)CCN(CC(=O)O)CCN(CC(=O)O)CC1)C(=O)N1CCC[C@H]1B(O)O. The molecule has 2 fully saturated rings. The maximum Gasteiger partial charge on any atom is 0.475 e. The number of carbonyl (C=O) groups is 6. The standard InChI is InChI=1S/C26H45BN6O11/c1-19(26(42)33-6-2-3-21(33)27(43)44)28-22(35)5-4-20(34)15-29-7-9-30(16-23(36)37)11-13-32(18-25(40)41)14-12-31(10-8-29)17-24(38)39/h19,21,43-44H,2-18H2,1H3,(H,28,35)(H,36,37)(H,38,39)(H,40,41)/t19-,21+/m1/s1. The molecule has 0 aromatic rings. The minimum atomic E-state index is -1.67. The zero-order chi connectivity index (χ0) is 32.8. The van der Waals surface area contributed by atoms with E-state index in [1.165, 1.54) is 11.8 Å². The highest BCUT2D eigenvalue weighted by Crippen LogP contribution is 2.19. The summed E-state index contributed by atoms with van der Waals surface area (Å²) in [6.07, 6.45) is 0.768. The fourth-order valence-electron chi connectivity index (χ4n) is 5.37. The van der Waals surface area contributed by atoms with Crippen LogP contribution in [0.3, 0.4) is 0 Å². The fourth-order valence-corrected chi connectivity index (χ4v) is 5.37. The number of carbonyl (C=O) groups excluding carboxylic acids is 3. The number of carboxylic acid groups (broad SMARTS) is 3. The van der Waals surface area contributed by atoms with Crippen molar-refractivity contribution in [3.63, 3.8) is 0 Å². The molecule has 248 valence electrons. The quantitative estimate of drug-likeness (QED) is 0.102. The third-order valence-corrected chi connectivity index (χ3v) is 7.71. The zero-order valence-corrected chi connectivity index (χ0v) is 25.2. The van der Waals surface area contributed by atoms with Crippen LogP contribution in [0.5, 0.6) is 0 Å². The third-order valence-electron chi connectivity index (χ3n) is 7.71. The summed E-state index contributed by atoms with van der Waals surface area (Å²) < 4.78 is 0. The van der Waals surface area contributed by atoms with E-state index < -0.39 is 48.8 Å². The Morgan fingerprint density at radius 2 is 1.09 bits per heavy atom. The Balaban J connectivity index is 1.98. The first kappa shape index (κ1) is 37.0. The number of hydrogen-bond donors (Lipinski definition) is 6. The minimum Gasteiger partial charge on any atom is -0.480 e. The predicted molar refractivity (Wildman–Crippen MR) is 155 cm³/mol. The average Bonchev–Trinajstić information content (AvgIpc) is 3.42. The highest BCUT2D eigenvalue weighted by molar-refractivity contribution is 6.43. The Morgan fingerprint density at radius 1 is 0.682 bits per heavy atom. The lowest BCUT2D eigenvalue weighted by Crippen LogP contribution is -2.52. The smallest absolute Gasteiger partial charge is 0.475 e. The second kappa shape index (κ2) is 18.6. The van der Waals surface area contributed by atoms with Crippen LogP contribution in [-0.2, 0) is 28.8 Å². The molecule has 0 bridgehead atoms. The fraction of sp³-hybridized carbons (Fsp3) is 0.769. The normalized spacial score (nSPS) is 20.7. The number of aliphatic carboxylic acids is 3. The number of rotatable bonds is 14. The number of hydrogen-bond acceptors (Lipinski definition) is 12. The Morgan fingerprint density at radius 3 is 1.48 bits per heavy atom. The number of amides is 2. The molecule has 2 heterocycles. The topological polar surface area (TPSA) is 232 Å². The lowest BCUT2D eigenvalue weighted by molar-refractivity contribution is -0.140. The van der Waals surface area contributed by atoms with E-state index in [2.05, 4.69) is 5.32 Å². The van der Waals surface area contributed by atoms with Crippen molar-refractivity contribution < 1.29 is 54.1 Å². The van der Waals surface area contributed by atoms with Crippen molar-refractivity contribution in [3.8, 4) is 0 Å². The number of nitrogens with one attached hydrogen (secondary N) is 1. The number of carboxylic acids is 3. The summed E-state index contributed by atoms with van der Waals surface area (Å²) in [4.78, 5) is 80.3. The number of Topliss-reactive ketones (excluding diaryl/α,β-unsaturated/α-hetero) is 1. The molecule has 17 nitrogen and oxygen atoms in total. The molecule has 0 radical (unpaired) electrons. The monoisotopic (exact) mass is 628 g/mol. The van der Waals surface area contributed by atoms with Gasteiger partial charge in [0, 0.05) is 71.7 Å². The maximum atomic E-state index is 12.9. The van der Waals surface area contributed by atoms with Crippen LogP contribution in [0.4, 0.5) is 0 Å². The molecular formula is C26H45BN6O11. The van der Waals surface area contributed by atoms with Gasteiger partial charge in [0.25, 0.3) is 0 Å². The zero-order valence-electron chi connectivity index (χ0n) is 25.2. The van der Waals surface area contributed by atoms with Gasteiger partial charge in [0.2, 0.25) is 11.8 Å². The van der Waals surface area contributed by atoms with E-state index in [0.29, 0.717) is 19.4 Å². The van der Waals surface area contributed by atoms with Gasteiger partial charge in [-0.3, -0.25) is 48.4 Å². The molecule has 0 aromatic heterocycles. The maximum absolute atomic E-state index is 12.9. The largest absolute Gasteiger partial charge is 0.480 e. The molecule has 2 aliphatic heterocycles. The predicted octanol–water partition coefficient (Wildman–Crippen LogP) is -3.68. The molecule has 44 heavy (non-hydrogen) atoms. The van der Waals surface area contributed by atoms with Gasteiger partial charge < -0.3 is 35.6 Å². The third kappa shape index (κ3) is 13.6. The van der Waals surface area contributed by atoms with Crippen molar-refractivity contribution in [2.24, 2.45) is 0 Å². The van der Waals surface area contributed by atoms with Crippen LogP contribution >= 0.6 is 0 Å². The van der Waals surface area contributed by atoms with Crippen LogP contribution < -0.4 is 5.32 Å². The summed E-state index contributed by atoms with van der Waals surface area (Å²) in [5, 5.41) is 49.5. The Bertz CT molecular complexity index is 987. The van der Waals surface area contributed by atoms with Crippen LogP contribution in [0.1, 0.15) is 32.6 Å². The Labute approximate surface area is 256 Å². The van der Waals surface area contributed by atoms with Crippen molar-refractivity contribution in [2.75, 3.05) is 85.1 Å². The highest BCUT2D eigenvalue weighted by Gasteiger charge is 2.38. The van der Waals surface area contributed by atoms with Gasteiger partial charge in [-0.05, 0) is 19.8 Å². The van der Waals surface area contributed by atoms with E-state index in [0.717, 1.165) is 0 Å². The number of nitrogens with zero attached hydrogens (tertiary/aromatic N) is 5. The summed E-state index contributed by atoms with van der Waals surface area (Å²) >= 11 is 0. The van der Waals surface area contributed by atoms with Crippen molar-refractivity contribution >= 4 is 42.6 Å². The van der Waals surface area contributed by atoms with Crippen LogP contribution in [0.2, 0.25) is 0 Å². The molecular weight excluding hydrogens is 583 g/mol. The van der Waals surface area contributed by atoms with E-state index in [9.17, 15) is 54.1 Å². The molecule has 2 aliphatic rings. The second-order valence-electron chi connectivity index (χ2n) is 11.3. The first-order chi connectivity index (χ1) is 20.7. The number of ketones is 1. The van der Waals surface area contributed by atoms with Gasteiger partial charge in [0.1, 0.15) is 11.8 Å². The molecule has 18 heteroatoms. The van der Waals surface area contributed by atoms with Crippen molar-refractivity contribution in [1.82, 2.24) is 29.8 Å². The number of likely N-dealkylation sites (tertiary alicyclic amines) is 1. The lowest BCUT2D eigenvalue weighted by atomic mass is 9.78. The van der Waals surface area contributed by atoms with Crippen LogP contribution in [0.15, 0.2) is 0 Å². The molecule has 0 unspecified atom stereocenters. The summed E-state index contributed by atoms with van der Waals surface area (Å²) in [5.41, 5.74) is 0. The summed E-state index contributed by atoms with van der Waals surface area (Å²) in [6, 6.07) is -0.918. The van der Waals surface area contributed by atoms with Gasteiger partial charge >= 0.3 is 25.0 Å². The molecule has 2 atom stereocenters. The molecule has 2 rings (SSSR count). The summed E-state index contributed by atoms with van der Waals surface area (Å²) in [5.74, 6) is -5.11. The lowest BCUT2D eigenvalue weighted by Gasteiger charge is -2.32. The molecule has 2 amide bonds. The van der Waals surface area contributed by atoms with Gasteiger partial charge in [-0.25, -0.2) is 0 Å². The minimum absolute atomic E-state index is 0.0570. The first-order valence-electron chi connectivity index (χ1n) is 14.8. The van der Waals surface area contributed by atoms with Gasteiger partial charge in [0.05, 0.1) is 32.1 Å². The van der Waals surface area contributed by atoms with Gasteiger partial charge in [0.15, 0.2) is 0 Å². The van der Waals surface area contributed by atoms with Crippen molar-refractivity contribution in [3.05, 3.63) is 0 Å². The Kier molecular flexibility index (Phi) is 15.7. The molecule has 0 aromatic carbocycles. The van der Waals surface area contributed by atoms with Gasteiger partial charge in [-0.1, -0.05) is 0 Å². The first-order valence-corrected chi connectivity index (χ1v) is 14.8. The second-order valence-corrected chi connectivity index (χ2v) is 11.3. The van der Waals surface area contributed by atoms with Crippen LogP contribution in [0, 0.1) is 0 Å². The molecule has 0 aliphatic carbocycles. The van der Waals surface area contributed by atoms with Crippen molar-refractivity contribution in [2.45, 2.75) is 44.6 Å². The Hall–Kier alpha value is -3.16. The van der Waals surface area contributed by atoms with E-state index in [1.54, 1.807) is 19.6 Å². The molecule has 0 spiro atoms. The summed E-state index contributed by atoms with van der Waals surface area (Å²) in [6.45, 7) is 3.08. The van der Waals surface area contributed by atoms with E-state index in [4.69, 9.17) is 0 Å². The average molecular weight is 628 g/mol. The highest BCUT2D eigenvalue weighted by atomic mass is 16.4. The van der Waals surface area contributed by atoms with E-state index in [1.807, 2.05) is 0 Å². The van der Waals surface area contributed by atoms with E-state index in [-0.39, 0.29) is 97.2 Å². The van der Waals surface area contributed by atoms with Gasteiger partial charge in [-0.2, -0.15) is 0 Å². The molecule has 0 saturated carbocycles. The van der Waals surface area contributed by atoms with Crippen LogP contribution in [0.25, 0.3) is 0 Å². The molecule has 2 saturated heterocycles.